The van der Waals surface area contributed by atoms with E-state index in [9.17, 15) is 4.79 Å². The number of aromatic nitrogens is 1. The number of aryl methyl sites for hydroxylation is 1. The molecule has 0 saturated heterocycles. The number of rotatable bonds is 5. The zero-order chi connectivity index (χ0) is 19.5. The van der Waals surface area contributed by atoms with Crippen molar-refractivity contribution in [3.63, 3.8) is 0 Å². The van der Waals surface area contributed by atoms with E-state index in [1.54, 1.807) is 11.3 Å². The van der Waals surface area contributed by atoms with Crippen molar-refractivity contribution in [1.82, 2.24) is 4.98 Å². The first-order valence-corrected chi connectivity index (χ1v) is 11.0. The van der Waals surface area contributed by atoms with Crippen molar-refractivity contribution < 1.29 is 4.79 Å². The van der Waals surface area contributed by atoms with Crippen LogP contribution in [0.4, 0.5) is 5.69 Å². The highest BCUT2D eigenvalue weighted by molar-refractivity contribution is 14.1. The van der Waals surface area contributed by atoms with Crippen LogP contribution in [0.1, 0.15) is 21.1 Å². The van der Waals surface area contributed by atoms with Crippen molar-refractivity contribution in [2.24, 2.45) is 0 Å². The number of carbonyl (C=O) groups is 1. The maximum Gasteiger partial charge on any atom is 0.229 e. The molecule has 5 heteroatoms. The first-order valence-electron chi connectivity index (χ1n) is 9.06. The molecule has 0 atom stereocenters. The van der Waals surface area contributed by atoms with E-state index >= 15 is 0 Å². The van der Waals surface area contributed by atoms with Gasteiger partial charge in [-0.05, 0) is 70.1 Å². The number of fused-ring (bicyclic) bond motifs is 1. The highest BCUT2D eigenvalue weighted by Crippen LogP contribution is 2.25. The molecule has 0 unspecified atom stereocenters. The van der Waals surface area contributed by atoms with Crippen LogP contribution < -0.4 is 5.32 Å². The summed E-state index contributed by atoms with van der Waals surface area (Å²) in [6.07, 6.45) is 1.14. The maximum absolute atomic E-state index is 12.4. The second-order valence-electron chi connectivity index (χ2n) is 6.66. The van der Waals surface area contributed by atoms with Crippen molar-refractivity contribution in [3.8, 4) is 0 Å². The topological polar surface area (TPSA) is 42.0 Å². The van der Waals surface area contributed by atoms with Gasteiger partial charge in [-0.3, -0.25) is 4.79 Å². The summed E-state index contributed by atoms with van der Waals surface area (Å²) in [6.45, 7) is 1.98. The molecule has 0 spiro atoms. The molecule has 1 heterocycles. The fourth-order valence-electron chi connectivity index (χ4n) is 3.22. The Kier molecular flexibility index (Phi) is 5.73. The van der Waals surface area contributed by atoms with Gasteiger partial charge in [0.05, 0.1) is 17.1 Å². The Morgan fingerprint density at radius 1 is 1.04 bits per heavy atom. The highest BCUT2D eigenvalue weighted by atomic mass is 127. The van der Waals surface area contributed by atoms with Crippen LogP contribution in [-0.2, 0) is 17.6 Å². The fraction of sp³-hybridized carbons (Fsp3) is 0.130. The van der Waals surface area contributed by atoms with Gasteiger partial charge in [0.15, 0.2) is 0 Å². The van der Waals surface area contributed by atoms with Gasteiger partial charge >= 0.3 is 0 Å². The van der Waals surface area contributed by atoms with E-state index in [2.05, 4.69) is 70.4 Å². The van der Waals surface area contributed by atoms with Crippen molar-refractivity contribution in [1.29, 1.82) is 0 Å². The number of amides is 1. The Morgan fingerprint density at radius 3 is 2.61 bits per heavy atom. The predicted octanol–water partition coefficient (Wildman–Crippen LogP) is 5.98. The Morgan fingerprint density at radius 2 is 1.79 bits per heavy atom. The average Bonchev–Trinajstić information content (AvgIpc) is 3.03. The molecule has 0 saturated carbocycles. The van der Waals surface area contributed by atoms with E-state index in [0.717, 1.165) is 31.3 Å². The minimum Gasteiger partial charge on any atom is -0.326 e. The summed E-state index contributed by atoms with van der Waals surface area (Å²) < 4.78 is 1.15. The lowest BCUT2D eigenvalue weighted by Crippen LogP contribution is -2.14. The highest BCUT2D eigenvalue weighted by Gasteiger charge is 2.13. The zero-order valence-electron chi connectivity index (χ0n) is 15.4. The second kappa shape index (κ2) is 8.41. The molecule has 1 amide bonds. The van der Waals surface area contributed by atoms with E-state index in [1.165, 1.54) is 16.3 Å². The molecule has 0 fully saturated rings. The van der Waals surface area contributed by atoms with Gasteiger partial charge in [-0.1, -0.05) is 42.5 Å². The van der Waals surface area contributed by atoms with E-state index < -0.39 is 0 Å². The minimum atomic E-state index is -0.00957. The molecule has 0 radical (unpaired) electrons. The molecule has 0 aliphatic heterocycles. The standard InChI is InChI=1S/C23H19IN2OS/c1-15-21(14-22(27)26-19-11-9-18(24)10-12-19)28-23(25-15)13-17-7-4-6-16-5-2-3-8-20(16)17/h2-12H,13-14H2,1H3,(H,26,27). The first-order chi connectivity index (χ1) is 13.6. The van der Waals surface area contributed by atoms with Crippen LogP contribution in [0.15, 0.2) is 66.7 Å². The van der Waals surface area contributed by atoms with Gasteiger partial charge in [-0.2, -0.15) is 0 Å². The third-order valence-electron chi connectivity index (χ3n) is 4.61. The Balaban J connectivity index is 1.49. The summed E-state index contributed by atoms with van der Waals surface area (Å²) in [6, 6.07) is 22.6. The SMILES string of the molecule is Cc1nc(Cc2cccc3ccccc23)sc1CC(=O)Nc1ccc(I)cc1. The number of hydrogen-bond acceptors (Lipinski definition) is 3. The van der Waals surface area contributed by atoms with Gasteiger partial charge in [0.2, 0.25) is 5.91 Å². The molecular formula is C23H19IN2OS. The lowest BCUT2D eigenvalue weighted by atomic mass is 10.0. The van der Waals surface area contributed by atoms with Crippen LogP contribution in [0.2, 0.25) is 0 Å². The van der Waals surface area contributed by atoms with E-state index in [-0.39, 0.29) is 5.91 Å². The van der Waals surface area contributed by atoms with Gasteiger partial charge in [-0.15, -0.1) is 11.3 Å². The van der Waals surface area contributed by atoms with E-state index in [0.29, 0.717) is 6.42 Å². The van der Waals surface area contributed by atoms with Crippen LogP contribution in [0.5, 0.6) is 0 Å². The smallest absolute Gasteiger partial charge is 0.229 e. The summed E-state index contributed by atoms with van der Waals surface area (Å²) in [5, 5.41) is 6.51. The minimum absolute atomic E-state index is 0.00957. The molecule has 1 aromatic heterocycles. The van der Waals surface area contributed by atoms with Gasteiger partial charge in [0.1, 0.15) is 0 Å². The molecular weight excluding hydrogens is 479 g/mol. The number of nitrogens with zero attached hydrogens (tertiary/aromatic N) is 1. The van der Waals surface area contributed by atoms with Crippen LogP contribution in [0.3, 0.4) is 0 Å². The largest absolute Gasteiger partial charge is 0.326 e. The van der Waals surface area contributed by atoms with Crippen molar-refractivity contribution in [2.75, 3.05) is 5.32 Å². The van der Waals surface area contributed by atoms with E-state index in [4.69, 9.17) is 4.98 Å². The summed E-state index contributed by atoms with van der Waals surface area (Å²) in [5.41, 5.74) is 3.03. The van der Waals surface area contributed by atoms with Crippen molar-refractivity contribution >= 4 is 56.3 Å². The number of hydrogen-bond donors (Lipinski definition) is 1. The van der Waals surface area contributed by atoms with Gasteiger partial charge in [-0.25, -0.2) is 4.98 Å². The number of anilines is 1. The quantitative estimate of drug-likeness (QED) is 0.344. The first kappa shape index (κ1) is 19.1. The lowest BCUT2D eigenvalue weighted by Gasteiger charge is -2.05. The Hall–Kier alpha value is -2.25. The molecule has 0 aliphatic carbocycles. The fourth-order valence-corrected chi connectivity index (χ4v) is 4.67. The van der Waals surface area contributed by atoms with Crippen molar-refractivity contribution in [2.45, 2.75) is 19.8 Å². The number of carbonyl (C=O) groups excluding carboxylic acids is 1. The number of thiazole rings is 1. The third kappa shape index (κ3) is 4.42. The van der Waals surface area contributed by atoms with Crippen LogP contribution in [0, 0.1) is 10.5 Å². The van der Waals surface area contributed by atoms with Crippen LogP contribution >= 0.6 is 33.9 Å². The Bertz CT molecular complexity index is 1130. The number of benzene rings is 3. The summed E-state index contributed by atoms with van der Waals surface area (Å²) in [7, 11) is 0. The van der Waals surface area contributed by atoms with Gasteiger partial charge in [0, 0.05) is 20.6 Å². The lowest BCUT2D eigenvalue weighted by molar-refractivity contribution is -0.115. The van der Waals surface area contributed by atoms with Gasteiger partial charge in [0.25, 0.3) is 0 Å². The molecule has 140 valence electrons. The van der Waals surface area contributed by atoms with Crippen molar-refractivity contribution in [3.05, 3.63) is 91.4 Å². The molecule has 3 nitrogen and oxygen atoms in total. The molecule has 4 rings (SSSR count). The number of nitrogens with one attached hydrogen (secondary N) is 1. The predicted molar refractivity (Wildman–Crippen MR) is 125 cm³/mol. The summed E-state index contributed by atoms with van der Waals surface area (Å²) >= 11 is 3.88. The number of halogens is 1. The molecule has 28 heavy (non-hydrogen) atoms. The zero-order valence-corrected chi connectivity index (χ0v) is 18.4. The molecule has 0 bridgehead atoms. The molecule has 3 aromatic carbocycles. The Labute approximate surface area is 182 Å². The summed E-state index contributed by atoms with van der Waals surface area (Å²) in [4.78, 5) is 18.2. The maximum atomic E-state index is 12.4. The second-order valence-corrected chi connectivity index (χ2v) is 9.08. The summed E-state index contributed by atoms with van der Waals surface area (Å²) in [5.74, 6) is -0.00957. The van der Waals surface area contributed by atoms with Crippen LogP contribution in [-0.4, -0.2) is 10.9 Å². The third-order valence-corrected chi connectivity index (χ3v) is 6.48. The van der Waals surface area contributed by atoms with Crippen LogP contribution in [0.25, 0.3) is 10.8 Å². The molecule has 1 N–H and O–H groups in total. The average molecular weight is 498 g/mol. The molecule has 4 aromatic rings. The monoisotopic (exact) mass is 498 g/mol. The normalized spacial score (nSPS) is 10.9. The van der Waals surface area contributed by atoms with E-state index in [1.807, 2.05) is 31.2 Å². The van der Waals surface area contributed by atoms with Gasteiger partial charge < -0.3 is 5.32 Å². The molecule has 0 aliphatic rings.